The third kappa shape index (κ3) is 6.68. The van der Waals surface area contributed by atoms with Gasteiger partial charge in [-0.05, 0) is 24.0 Å². The van der Waals surface area contributed by atoms with E-state index in [1.165, 1.54) is 12.5 Å². The molecule has 0 bridgehead atoms. The predicted octanol–water partition coefficient (Wildman–Crippen LogP) is 0.575. The molecule has 0 saturated carbocycles. The first-order valence-corrected chi connectivity index (χ1v) is 9.68. The summed E-state index contributed by atoms with van der Waals surface area (Å²) in [4.78, 5) is 37.0. The lowest BCUT2D eigenvalue weighted by atomic mass is 9.92. The molecule has 8 nitrogen and oxygen atoms in total. The molecule has 2 aromatic rings. The Morgan fingerprint density at radius 1 is 0.867 bits per heavy atom. The Hall–Kier alpha value is -3.23. The molecule has 3 atom stereocenters. The highest BCUT2D eigenvalue weighted by Gasteiger charge is 2.34. The van der Waals surface area contributed by atoms with Crippen molar-refractivity contribution in [2.45, 2.75) is 31.4 Å². The number of aryl methyl sites for hydroxylation is 1. The predicted molar refractivity (Wildman–Crippen MR) is 110 cm³/mol. The number of carbonyl (C=O) groups is 3. The van der Waals surface area contributed by atoms with E-state index in [1.54, 1.807) is 0 Å². The zero-order valence-corrected chi connectivity index (χ0v) is 16.7. The van der Waals surface area contributed by atoms with Crippen molar-refractivity contribution in [3.63, 3.8) is 0 Å². The minimum absolute atomic E-state index is 0.149. The molecule has 0 aromatic heterocycles. The van der Waals surface area contributed by atoms with Gasteiger partial charge in [0.05, 0.1) is 5.92 Å². The molecule has 0 radical (unpaired) electrons. The van der Waals surface area contributed by atoms with Crippen molar-refractivity contribution < 1.29 is 24.7 Å². The molecule has 5 N–H and O–H groups in total. The van der Waals surface area contributed by atoms with Crippen LogP contribution in [0.5, 0.6) is 0 Å². The number of likely N-dealkylation sites (N-methyl/N-ethyl adjacent to an activating group) is 1. The number of hydrogen-bond donors (Lipinski definition) is 5. The van der Waals surface area contributed by atoms with E-state index >= 15 is 0 Å². The summed E-state index contributed by atoms with van der Waals surface area (Å²) in [5, 5.41) is 24.3. The number of aliphatic hydroxyl groups is 1. The molecule has 30 heavy (non-hydrogen) atoms. The van der Waals surface area contributed by atoms with Gasteiger partial charge in [0.25, 0.3) is 5.91 Å². The fourth-order valence-corrected chi connectivity index (χ4v) is 3.16. The fourth-order valence-electron chi connectivity index (χ4n) is 3.16. The lowest BCUT2D eigenvalue weighted by Crippen LogP contribution is -2.52. The van der Waals surface area contributed by atoms with E-state index in [0.29, 0.717) is 6.42 Å². The summed E-state index contributed by atoms with van der Waals surface area (Å²) in [7, 11) is 1.47. The molecule has 3 amide bonds. The van der Waals surface area contributed by atoms with E-state index in [2.05, 4.69) is 10.6 Å². The van der Waals surface area contributed by atoms with Crippen molar-refractivity contribution in [2.75, 3.05) is 7.05 Å². The standard InChI is InChI=1S/C22H27N3O5/c1-23-21(28)18(14-16-10-6-3-7-11-16)24-20(27)17(19(26)22(29)25-30)13-12-15-8-4-2-5-9-15/h2-11,17-19,26,30H,12-14H2,1H3,(H,23,28)(H,24,27)(H,25,29). The van der Waals surface area contributed by atoms with Crippen LogP contribution in [0.3, 0.4) is 0 Å². The van der Waals surface area contributed by atoms with Gasteiger partial charge in [0.1, 0.15) is 12.1 Å². The van der Waals surface area contributed by atoms with E-state index in [-0.39, 0.29) is 12.8 Å². The highest BCUT2D eigenvalue weighted by atomic mass is 16.5. The third-order valence-corrected chi connectivity index (χ3v) is 4.85. The monoisotopic (exact) mass is 413 g/mol. The number of hydroxylamine groups is 1. The Kier molecular flexibility index (Phi) is 8.99. The maximum atomic E-state index is 12.9. The van der Waals surface area contributed by atoms with Crippen LogP contribution in [0, 0.1) is 5.92 Å². The summed E-state index contributed by atoms with van der Waals surface area (Å²) in [6.07, 6.45) is -0.936. The minimum atomic E-state index is -1.76. The van der Waals surface area contributed by atoms with Crippen LogP contribution in [-0.2, 0) is 27.2 Å². The molecular weight excluding hydrogens is 386 g/mol. The molecule has 0 aliphatic rings. The smallest absolute Gasteiger partial charge is 0.272 e. The number of nitrogens with one attached hydrogen (secondary N) is 3. The average molecular weight is 413 g/mol. The zero-order chi connectivity index (χ0) is 21.9. The molecule has 2 aromatic carbocycles. The van der Waals surface area contributed by atoms with E-state index in [1.807, 2.05) is 60.7 Å². The van der Waals surface area contributed by atoms with Crippen LogP contribution in [0.15, 0.2) is 60.7 Å². The Bertz CT molecular complexity index is 829. The van der Waals surface area contributed by atoms with Crippen LogP contribution in [-0.4, -0.2) is 47.2 Å². The largest absolute Gasteiger partial charge is 0.382 e. The molecule has 0 spiro atoms. The van der Waals surface area contributed by atoms with Crippen molar-refractivity contribution in [2.24, 2.45) is 5.92 Å². The summed E-state index contributed by atoms with van der Waals surface area (Å²) in [5.41, 5.74) is 3.15. The maximum Gasteiger partial charge on any atom is 0.272 e. The van der Waals surface area contributed by atoms with Crippen molar-refractivity contribution in [3.8, 4) is 0 Å². The Labute approximate surface area is 175 Å². The van der Waals surface area contributed by atoms with Crippen molar-refractivity contribution in [3.05, 3.63) is 71.8 Å². The number of benzene rings is 2. The first-order chi connectivity index (χ1) is 14.5. The van der Waals surface area contributed by atoms with Crippen LogP contribution in [0.1, 0.15) is 17.5 Å². The molecule has 2 rings (SSSR count). The summed E-state index contributed by atoms with van der Waals surface area (Å²) < 4.78 is 0. The van der Waals surface area contributed by atoms with Crippen LogP contribution in [0.4, 0.5) is 0 Å². The van der Waals surface area contributed by atoms with Gasteiger partial charge in [0.2, 0.25) is 11.8 Å². The van der Waals surface area contributed by atoms with E-state index in [4.69, 9.17) is 5.21 Å². The van der Waals surface area contributed by atoms with Gasteiger partial charge >= 0.3 is 0 Å². The van der Waals surface area contributed by atoms with Crippen LogP contribution in [0.25, 0.3) is 0 Å². The highest BCUT2D eigenvalue weighted by Crippen LogP contribution is 2.16. The van der Waals surface area contributed by atoms with Crippen molar-refractivity contribution >= 4 is 17.7 Å². The Balaban J connectivity index is 2.16. The molecule has 3 unspecified atom stereocenters. The second-order valence-electron chi connectivity index (χ2n) is 6.92. The third-order valence-electron chi connectivity index (χ3n) is 4.85. The van der Waals surface area contributed by atoms with Crippen LogP contribution in [0.2, 0.25) is 0 Å². The topological polar surface area (TPSA) is 128 Å². The molecule has 0 aliphatic carbocycles. The van der Waals surface area contributed by atoms with Crippen LogP contribution >= 0.6 is 0 Å². The first kappa shape index (κ1) is 23.1. The zero-order valence-electron chi connectivity index (χ0n) is 16.7. The second kappa shape index (κ2) is 11.7. The summed E-state index contributed by atoms with van der Waals surface area (Å²) in [6.45, 7) is 0. The molecule has 0 saturated heterocycles. The quantitative estimate of drug-likeness (QED) is 0.288. The van der Waals surface area contributed by atoms with Gasteiger partial charge in [0.15, 0.2) is 0 Å². The average Bonchev–Trinajstić information content (AvgIpc) is 2.78. The second-order valence-corrected chi connectivity index (χ2v) is 6.92. The van der Waals surface area contributed by atoms with Gasteiger partial charge in [0, 0.05) is 13.5 Å². The number of carbonyl (C=O) groups excluding carboxylic acids is 3. The van der Waals surface area contributed by atoms with Gasteiger partial charge in [-0.1, -0.05) is 60.7 Å². The molecule has 0 aliphatic heterocycles. The number of aliphatic hydroxyl groups excluding tert-OH is 1. The van der Waals surface area contributed by atoms with Gasteiger partial charge in [-0.2, -0.15) is 0 Å². The number of hydrogen-bond acceptors (Lipinski definition) is 5. The fraction of sp³-hybridized carbons (Fsp3) is 0.318. The molecule has 0 fully saturated rings. The Morgan fingerprint density at radius 2 is 1.43 bits per heavy atom. The van der Waals surface area contributed by atoms with Gasteiger partial charge in [-0.25, -0.2) is 5.48 Å². The highest BCUT2D eigenvalue weighted by molar-refractivity contribution is 5.92. The molecule has 0 heterocycles. The lowest BCUT2D eigenvalue weighted by molar-refractivity contribution is -0.146. The van der Waals surface area contributed by atoms with Crippen LogP contribution < -0.4 is 16.1 Å². The minimum Gasteiger partial charge on any atom is -0.382 e. The Morgan fingerprint density at radius 3 is 1.97 bits per heavy atom. The van der Waals surface area contributed by atoms with E-state index in [0.717, 1.165) is 11.1 Å². The number of amides is 3. The maximum absolute atomic E-state index is 12.9. The molecular formula is C22H27N3O5. The van der Waals surface area contributed by atoms with E-state index in [9.17, 15) is 19.5 Å². The number of rotatable bonds is 10. The normalized spacial score (nSPS) is 13.6. The van der Waals surface area contributed by atoms with Gasteiger partial charge < -0.3 is 15.7 Å². The lowest BCUT2D eigenvalue weighted by Gasteiger charge is -2.24. The van der Waals surface area contributed by atoms with Crippen molar-refractivity contribution in [1.29, 1.82) is 0 Å². The SMILES string of the molecule is CNC(=O)C(Cc1ccccc1)NC(=O)C(CCc1ccccc1)C(O)C(=O)NO. The van der Waals surface area contributed by atoms with E-state index < -0.39 is 35.8 Å². The summed E-state index contributed by atoms with van der Waals surface area (Å²) in [6, 6.07) is 17.6. The molecule has 8 heteroatoms. The first-order valence-electron chi connectivity index (χ1n) is 9.68. The van der Waals surface area contributed by atoms with Gasteiger partial charge in [-0.3, -0.25) is 19.6 Å². The summed E-state index contributed by atoms with van der Waals surface area (Å²) in [5.74, 6) is -3.27. The van der Waals surface area contributed by atoms with Crippen molar-refractivity contribution in [1.82, 2.24) is 16.1 Å². The molecule has 160 valence electrons. The summed E-state index contributed by atoms with van der Waals surface area (Å²) >= 11 is 0. The van der Waals surface area contributed by atoms with Gasteiger partial charge in [-0.15, -0.1) is 0 Å².